The van der Waals surface area contributed by atoms with Gasteiger partial charge in [-0.2, -0.15) is 0 Å². The van der Waals surface area contributed by atoms with E-state index in [2.05, 4.69) is 10.3 Å². The molecule has 2 unspecified atom stereocenters. The lowest BCUT2D eigenvalue weighted by molar-refractivity contribution is -0.0586. The molecule has 7 nitrogen and oxygen atoms in total. The molecular formula is C18H23ClN4O3S. The Balaban J connectivity index is 0.00000261. The lowest BCUT2D eigenvalue weighted by Crippen LogP contribution is -2.48. The maximum Gasteiger partial charge on any atom is 0.275 e. The van der Waals surface area contributed by atoms with E-state index >= 15 is 0 Å². The topological polar surface area (TPSA) is 97.6 Å². The molecule has 2 heterocycles. The number of thiazole rings is 1. The number of carbonyl (C=O) groups excluding carboxylic acids is 2. The molecule has 2 atom stereocenters. The first-order valence-corrected chi connectivity index (χ1v) is 9.35. The van der Waals surface area contributed by atoms with Crippen molar-refractivity contribution in [1.82, 2.24) is 9.88 Å². The Labute approximate surface area is 168 Å². The van der Waals surface area contributed by atoms with Gasteiger partial charge < -0.3 is 20.7 Å². The van der Waals surface area contributed by atoms with E-state index in [-0.39, 0.29) is 36.4 Å². The SMILES string of the molecule is CC1CN(C(=O)c2ccc(NC(=O)c3csc(CN)n3)cc2)CC(C)O1.Cl. The lowest BCUT2D eigenvalue weighted by atomic mass is 10.1. The number of halogens is 1. The van der Waals surface area contributed by atoms with E-state index < -0.39 is 0 Å². The zero-order valence-corrected chi connectivity index (χ0v) is 16.8. The molecule has 1 aromatic carbocycles. The summed E-state index contributed by atoms with van der Waals surface area (Å²) in [7, 11) is 0. The summed E-state index contributed by atoms with van der Waals surface area (Å²) in [5, 5.41) is 5.16. The average molecular weight is 411 g/mol. The number of hydrogen-bond donors (Lipinski definition) is 2. The number of ether oxygens (including phenoxy) is 1. The van der Waals surface area contributed by atoms with Crippen LogP contribution in [0.2, 0.25) is 0 Å². The molecule has 146 valence electrons. The van der Waals surface area contributed by atoms with Crippen LogP contribution >= 0.6 is 23.7 Å². The summed E-state index contributed by atoms with van der Waals surface area (Å²) < 4.78 is 5.66. The predicted molar refractivity (Wildman–Crippen MR) is 108 cm³/mol. The van der Waals surface area contributed by atoms with Crippen LogP contribution in [0, 0.1) is 0 Å². The number of aromatic nitrogens is 1. The maximum absolute atomic E-state index is 12.6. The summed E-state index contributed by atoms with van der Waals surface area (Å²) in [4.78, 5) is 30.8. The van der Waals surface area contributed by atoms with Crippen molar-refractivity contribution in [3.63, 3.8) is 0 Å². The molecule has 0 saturated carbocycles. The number of morpholine rings is 1. The summed E-state index contributed by atoms with van der Waals surface area (Å²) in [5.41, 5.74) is 7.05. The van der Waals surface area contributed by atoms with E-state index in [1.807, 2.05) is 13.8 Å². The van der Waals surface area contributed by atoms with Crippen molar-refractivity contribution in [1.29, 1.82) is 0 Å². The lowest BCUT2D eigenvalue weighted by Gasteiger charge is -2.35. The zero-order chi connectivity index (χ0) is 18.7. The molecule has 3 rings (SSSR count). The van der Waals surface area contributed by atoms with Crippen molar-refractivity contribution in [3.8, 4) is 0 Å². The molecule has 1 fully saturated rings. The highest BCUT2D eigenvalue weighted by molar-refractivity contribution is 7.09. The highest BCUT2D eigenvalue weighted by Gasteiger charge is 2.26. The van der Waals surface area contributed by atoms with Gasteiger partial charge in [-0.3, -0.25) is 9.59 Å². The number of carbonyl (C=O) groups is 2. The molecule has 2 amide bonds. The molecule has 1 aliphatic rings. The Hall–Kier alpha value is -2.00. The van der Waals surface area contributed by atoms with Gasteiger partial charge in [0, 0.05) is 36.3 Å². The molecule has 27 heavy (non-hydrogen) atoms. The first-order valence-electron chi connectivity index (χ1n) is 8.47. The molecule has 9 heteroatoms. The van der Waals surface area contributed by atoms with Crippen molar-refractivity contribution >= 4 is 41.2 Å². The molecule has 1 aromatic heterocycles. The standard InChI is InChI=1S/C18H22N4O3S.ClH/c1-11-8-22(9-12(2)25-11)18(24)13-3-5-14(6-4-13)20-17(23)15-10-26-16(7-19)21-15;/h3-6,10-12H,7-9,19H2,1-2H3,(H,20,23);1H. The highest BCUT2D eigenvalue weighted by atomic mass is 35.5. The van der Waals surface area contributed by atoms with E-state index in [0.29, 0.717) is 41.6 Å². The summed E-state index contributed by atoms with van der Waals surface area (Å²) in [6.07, 6.45) is 0.0515. The van der Waals surface area contributed by atoms with Crippen LogP contribution < -0.4 is 11.1 Å². The third kappa shape index (κ3) is 5.26. The predicted octanol–water partition coefficient (Wildman–Crippen LogP) is 2.53. The van der Waals surface area contributed by atoms with Gasteiger partial charge in [0.25, 0.3) is 11.8 Å². The second-order valence-electron chi connectivity index (χ2n) is 6.33. The summed E-state index contributed by atoms with van der Waals surface area (Å²) in [6, 6.07) is 6.87. The summed E-state index contributed by atoms with van der Waals surface area (Å²) >= 11 is 1.35. The normalized spacial score (nSPS) is 19.3. The molecule has 1 aliphatic heterocycles. The molecule has 2 aromatic rings. The summed E-state index contributed by atoms with van der Waals surface area (Å²) in [6.45, 7) is 5.39. The Kier molecular flexibility index (Phi) is 7.32. The number of amides is 2. The van der Waals surface area contributed by atoms with Crippen LogP contribution in [0.1, 0.15) is 39.7 Å². The van der Waals surface area contributed by atoms with Crippen LogP contribution in [0.3, 0.4) is 0 Å². The van der Waals surface area contributed by atoms with Gasteiger partial charge in [0.05, 0.1) is 12.2 Å². The van der Waals surface area contributed by atoms with Crippen molar-refractivity contribution in [2.45, 2.75) is 32.6 Å². The molecule has 0 bridgehead atoms. The number of hydrogen-bond acceptors (Lipinski definition) is 6. The van der Waals surface area contributed by atoms with E-state index in [1.54, 1.807) is 34.5 Å². The second-order valence-corrected chi connectivity index (χ2v) is 7.27. The van der Waals surface area contributed by atoms with Gasteiger partial charge in [-0.15, -0.1) is 23.7 Å². The van der Waals surface area contributed by atoms with Crippen LogP contribution in [-0.2, 0) is 11.3 Å². The number of anilines is 1. The molecular weight excluding hydrogens is 388 g/mol. The van der Waals surface area contributed by atoms with Gasteiger partial charge in [0.15, 0.2) is 0 Å². The van der Waals surface area contributed by atoms with Crippen molar-refractivity contribution in [2.24, 2.45) is 5.73 Å². The van der Waals surface area contributed by atoms with Crippen LogP contribution in [0.25, 0.3) is 0 Å². The molecule has 0 spiro atoms. The van der Waals surface area contributed by atoms with Gasteiger partial charge in [-0.05, 0) is 38.1 Å². The molecule has 3 N–H and O–H groups in total. The number of nitrogens with zero attached hydrogens (tertiary/aromatic N) is 2. The minimum Gasteiger partial charge on any atom is -0.372 e. The van der Waals surface area contributed by atoms with E-state index in [9.17, 15) is 9.59 Å². The minimum atomic E-state index is -0.296. The number of nitrogens with two attached hydrogens (primary N) is 1. The van der Waals surface area contributed by atoms with Gasteiger partial charge in [-0.25, -0.2) is 4.98 Å². The minimum absolute atomic E-state index is 0. The Bertz CT molecular complexity index is 786. The van der Waals surface area contributed by atoms with Gasteiger partial charge >= 0.3 is 0 Å². The smallest absolute Gasteiger partial charge is 0.275 e. The van der Waals surface area contributed by atoms with Crippen molar-refractivity contribution < 1.29 is 14.3 Å². The third-order valence-electron chi connectivity index (χ3n) is 4.06. The number of rotatable bonds is 4. The third-order valence-corrected chi connectivity index (χ3v) is 4.93. The van der Waals surface area contributed by atoms with Crippen LogP contribution in [0.15, 0.2) is 29.6 Å². The van der Waals surface area contributed by atoms with Crippen molar-refractivity contribution in [2.75, 3.05) is 18.4 Å². The van der Waals surface area contributed by atoms with Crippen LogP contribution in [-0.4, -0.2) is 47.0 Å². The average Bonchev–Trinajstić information content (AvgIpc) is 3.10. The van der Waals surface area contributed by atoms with Crippen molar-refractivity contribution in [3.05, 3.63) is 45.9 Å². The fraction of sp³-hybridized carbons (Fsp3) is 0.389. The highest BCUT2D eigenvalue weighted by Crippen LogP contribution is 2.17. The summed E-state index contributed by atoms with van der Waals surface area (Å²) in [5.74, 6) is -0.326. The van der Waals surface area contributed by atoms with Crippen LogP contribution in [0.5, 0.6) is 0 Å². The van der Waals surface area contributed by atoms with Gasteiger partial charge in [0.2, 0.25) is 0 Å². The van der Waals surface area contributed by atoms with Gasteiger partial charge in [-0.1, -0.05) is 0 Å². The van der Waals surface area contributed by atoms with E-state index in [1.165, 1.54) is 11.3 Å². The van der Waals surface area contributed by atoms with Crippen LogP contribution in [0.4, 0.5) is 5.69 Å². The molecule has 1 saturated heterocycles. The fourth-order valence-electron chi connectivity index (χ4n) is 2.93. The largest absolute Gasteiger partial charge is 0.372 e. The molecule has 0 radical (unpaired) electrons. The zero-order valence-electron chi connectivity index (χ0n) is 15.2. The Morgan fingerprint density at radius 3 is 2.44 bits per heavy atom. The second kappa shape index (κ2) is 9.27. The first kappa shape index (κ1) is 21.3. The van der Waals surface area contributed by atoms with Gasteiger partial charge in [0.1, 0.15) is 10.7 Å². The maximum atomic E-state index is 12.6. The fourth-order valence-corrected chi connectivity index (χ4v) is 3.58. The van der Waals surface area contributed by atoms with E-state index in [4.69, 9.17) is 10.5 Å². The monoisotopic (exact) mass is 410 g/mol. The first-order chi connectivity index (χ1) is 12.5. The Morgan fingerprint density at radius 1 is 1.26 bits per heavy atom. The quantitative estimate of drug-likeness (QED) is 0.807. The van der Waals surface area contributed by atoms with E-state index in [0.717, 1.165) is 0 Å². The Morgan fingerprint density at radius 2 is 1.89 bits per heavy atom. The number of benzene rings is 1. The molecule has 0 aliphatic carbocycles. The number of nitrogens with one attached hydrogen (secondary N) is 1.